The maximum absolute atomic E-state index is 12.0. The van der Waals surface area contributed by atoms with Crippen LogP contribution >= 0.6 is 11.3 Å². The van der Waals surface area contributed by atoms with Gasteiger partial charge in [-0.05, 0) is 46.5 Å². The second-order valence-electron chi connectivity index (χ2n) is 4.25. The lowest BCUT2D eigenvalue weighted by molar-refractivity contribution is 0.0965. The average Bonchev–Trinajstić information content (AvgIpc) is 2.93. The van der Waals surface area contributed by atoms with Gasteiger partial charge in [-0.15, -0.1) is 11.3 Å². The third-order valence-electron chi connectivity index (χ3n) is 3.25. The Morgan fingerprint density at radius 3 is 2.74 bits per heavy atom. The number of nitrogens with one attached hydrogen (secondary N) is 1. The number of benzene rings is 2. The van der Waals surface area contributed by atoms with Crippen LogP contribution in [-0.2, 0) is 0 Å². The first-order chi connectivity index (χ1) is 9.24. The van der Waals surface area contributed by atoms with Crippen LogP contribution in [0.5, 0.6) is 5.75 Å². The van der Waals surface area contributed by atoms with E-state index in [1.807, 2.05) is 29.6 Å². The summed E-state index contributed by atoms with van der Waals surface area (Å²) >= 11 is 1.64. The van der Waals surface area contributed by atoms with Crippen LogP contribution in [0.15, 0.2) is 35.7 Å². The Balaban J connectivity index is 2.44. The second kappa shape index (κ2) is 4.55. The highest BCUT2D eigenvalue weighted by molar-refractivity contribution is 7.17. The van der Waals surface area contributed by atoms with Gasteiger partial charge >= 0.3 is 0 Å². The lowest BCUT2D eigenvalue weighted by Crippen LogP contribution is -2.18. The molecule has 0 saturated heterocycles. The van der Waals surface area contributed by atoms with Crippen molar-refractivity contribution >= 4 is 38.1 Å². The summed E-state index contributed by atoms with van der Waals surface area (Å²) in [6, 6.07) is 9.84. The van der Waals surface area contributed by atoms with Crippen LogP contribution in [0.25, 0.3) is 20.9 Å². The van der Waals surface area contributed by atoms with Crippen LogP contribution < -0.4 is 10.1 Å². The van der Waals surface area contributed by atoms with E-state index in [0.29, 0.717) is 5.56 Å². The molecule has 4 heteroatoms. The first kappa shape index (κ1) is 12.0. The molecule has 0 unspecified atom stereocenters. The fourth-order valence-electron chi connectivity index (χ4n) is 2.29. The zero-order chi connectivity index (χ0) is 13.4. The van der Waals surface area contributed by atoms with Crippen molar-refractivity contribution in [1.82, 2.24) is 5.32 Å². The minimum Gasteiger partial charge on any atom is -0.497 e. The minimum atomic E-state index is -0.0644. The summed E-state index contributed by atoms with van der Waals surface area (Å²) in [6.07, 6.45) is 0. The van der Waals surface area contributed by atoms with Gasteiger partial charge in [-0.3, -0.25) is 4.79 Å². The Hall–Kier alpha value is -2.07. The highest BCUT2D eigenvalue weighted by Crippen LogP contribution is 2.34. The maximum atomic E-state index is 12.0. The number of hydrogen-bond donors (Lipinski definition) is 1. The van der Waals surface area contributed by atoms with Gasteiger partial charge in [-0.1, -0.05) is 0 Å². The summed E-state index contributed by atoms with van der Waals surface area (Å²) in [5.41, 5.74) is 0.704. The number of hydrogen-bond acceptors (Lipinski definition) is 3. The van der Waals surface area contributed by atoms with Gasteiger partial charge in [0.2, 0.25) is 0 Å². The standard InChI is InChI=1S/C15H13NO2S/c1-16-15(17)13-8-14-11(5-6-19-14)12-7-9(18-2)3-4-10(12)13/h3-8H,1-2H3,(H,16,17). The van der Waals surface area contributed by atoms with E-state index in [1.54, 1.807) is 25.5 Å². The third-order valence-corrected chi connectivity index (χ3v) is 4.11. The number of fused-ring (bicyclic) bond motifs is 3. The summed E-state index contributed by atoms with van der Waals surface area (Å²) in [7, 11) is 3.30. The van der Waals surface area contributed by atoms with Crippen LogP contribution in [0.4, 0.5) is 0 Å². The van der Waals surface area contributed by atoms with E-state index in [-0.39, 0.29) is 5.91 Å². The molecule has 0 radical (unpaired) electrons. The van der Waals surface area contributed by atoms with Crippen molar-refractivity contribution in [3.63, 3.8) is 0 Å². The lowest BCUT2D eigenvalue weighted by Gasteiger charge is -2.09. The molecule has 1 heterocycles. The summed E-state index contributed by atoms with van der Waals surface area (Å²) in [5, 5.41) is 7.89. The van der Waals surface area contributed by atoms with Crippen LogP contribution in [0.1, 0.15) is 10.4 Å². The number of carbonyl (C=O) groups excluding carboxylic acids is 1. The average molecular weight is 271 g/mol. The van der Waals surface area contributed by atoms with Crippen molar-refractivity contribution in [3.05, 3.63) is 41.3 Å². The quantitative estimate of drug-likeness (QED) is 0.775. The first-order valence-electron chi connectivity index (χ1n) is 5.94. The number of methoxy groups -OCH3 is 1. The summed E-state index contributed by atoms with van der Waals surface area (Å²) in [6.45, 7) is 0. The van der Waals surface area contributed by atoms with Crippen molar-refractivity contribution in [1.29, 1.82) is 0 Å². The molecule has 3 aromatic rings. The topological polar surface area (TPSA) is 38.3 Å². The molecule has 0 spiro atoms. The number of rotatable bonds is 2. The van der Waals surface area contributed by atoms with Crippen LogP contribution in [0, 0.1) is 0 Å². The number of amides is 1. The molecule has 0 bridgehead atoms. The maximum Gasteiger partial charge on any atom is 0.251 e. The van der Waals surface area contributed by atoms with Gasteiger partial charge in [-0.2, -0.15) is 0 Å². The van der Waals surface area contributed by atoms with Crippen LogP contribution in [-0.4, -0.2) is 20.1 Å². The summed E-state index contributed by atoms with van der Waals surface area (Å²) in [4.78, 5) is 12.0. The second-order valence-corrected chi connectivity index (χ2v) is 5.19. The Morgan fingerprint density at radius 1 is 1.16 bits per heavy atom. The molecule has 96 valence electrons. The normalized spacial score (nSPS) is 10.8. The molecule has 0 saturated carbocycles. The largest absolute Gasteiger partial charge is 0.497 e. The fraction of sp³-hybridized carbons (Fsp3) is 0.133. The number of carbonyl (C=O) groups is 1. The fourth-order valence-corrected chi connectivity index (χ4v) is 3.14. The molecule has 0 aliphatic carbocycles. The highest BCUT2D eigenvalue weighted by Gasteiger charge is 2.13. The minimum absolute atomic E-state index is 0.0644. The molecule has 0 aliphatic rings. The first-order valence-corrected chi connectivity index (χ1v) is 6.82. The molecule has 3 rings (SSSR count). The molecular formula is C15H13NO2S. The molecule has 3 nitrogen and oxygen atoms in total. The Labute approximate surface area is 114 Å². The Bertz CT molecular complexity index is 776. The predicted octanol–water partition coefficient (Wildman–Crippen LogP) is 3.42. The highest BCUT2D eigenvalue weighted by atomic mass is 32.1. The Morgan fingerprint density at radius 2 is 2.00 bits per heavy atom. The zero-order valence-corrected chi connectivity index (χ0v) is 11.5. The van der Waals surface area contributed by atoms with Gasteiger partial charge in [0.05, 0.1) is 7.11 Å². The van der Waals surface area contributed by atoms with Gasteiger partial charge < -0.3 is 10.1 Å². The summed E-state index contributed by atoms with van der Waals surface area (Å²) in [5.74, 6) is 0.736. The van der Waals surface area contributed by atoms with E-state index < -0.39 is 0 Å². The molecule has 1 N–H and O–H groups in total. The molecule has 0 fully saturated rings. The predicted molar refractivity (Wildman–Crippen MR) is 79.3 cm³/mol. The van der Waals surface area contributed by atoms with E-state index in [4.69, 9.17) is 4.74 Å². The molecule has 19 heavy (non-hydrogen) atoms. The van der Waals surface area contributed by atoms with E-state index in [9.17, 15) is 4.79 Å². The van der Waals surface area contributed by atoms with Gasteiger partial charge in [0.1, 0.15) is 5.75 Å². The van der Waals surface area contributed by atoms with Crippen LogP contribution in [0.2, 0.25) is 0 Å². The molecule has 2 aromatic carbocycles. The van der Waals surface area contributed by atoms with Crippen molar-refractivity contribution < 1.29 is 9.53 Å². The van der Waals surface area contributed by atoms with Crippen molar-refractivity contribution in [2.75, 3.05) is 14.2 Å². The summed E-state index contributed by atoms with van der Waals surface area (Å²) < 4.78 is 6.39. The SMILES string of the molecule is CNC(=O)c1cc2sccc2c2cc(OC)ccc12. The van der Waals surface area contributed by atoms with Crippen LogP contribution in [0.3, 0.4) is 0 Å². The number of thiophene rings is 1. The molecule has 0 atom stereocenters. The van der Waals surface area contributed by atoms with Gasteiger partial charge in [0.15, 0.2) is 0 Å². The monoisotopic (exact) mass is 271 g/mol. The molecule has 0 aliphatic heterocycles. The van der Waals surface area contributed by atoms with Gasteiger partial charge in [0, 0.05) is 22.7 Å². The van der Waals surface area contributed by atoms with E-state index in [2.05, 4.69) is 11.4 Å². The molecule has 1 aromatic heterocycles. The zero-order valence-electron chi connectivity index (χ0n) is 10.7. The van der Waals surface area contributed by atoms with Crippen molar-refractivity contribution in [3.8, 4) is 5.75 Å². The number of ether oxygens (including phenoxy) is 1. The molecule has 1 amide bonds. The van der Waals surface area contributed by atoms with Gasteiger partial charge in [-0.25, -0.2) is 0 Å². The van der Waals surface area contributed by atoms with Gasteiger partial charge in [0.25, 0.3) is 5.91 Å². The van der Waals surface area contributed by atoms with E-state index >= 15 is 0 Å². The Kier molecular flexibility index (Phi) is 2.87. The van der Waals surface area contributed by atoms with Crippen molar-refractivity contribution in [2.45, 2.75) is 0 Å². The lowest BCUT2D eigenvalue weighted by atomic mass is 10.0. The third kappa shape index (κ3) is 1.85. The van der Waals surface area contributed by atoms with Crippen molar-refractivity contribution in [2.24, 2.45) is 0 Å². The molecular weight excluding hydrogens is 258 g/mol. The van der Waals surface area contributed by atoms with E-state index in [1.165, 1.54) is 0 Å². The smallest absolute Gasteiger partial charge is 0.251 e. The van der Waals surface area contributed by atoms with E-state index in [0.717, 1.165) is 26.6 Å².